The molecule has 4 heteroatoms. The molecular weight excluding hydrogens is 284 g/mol. The molecule has 0 spiro atoms. The molecule has 0 aliphatic rings. The van der Waals surface area contributed by atoms with Gasteiger partial charge < -0.3 is 0 Å². The van der Waals surface area contributed by atoms with Gasteiger partial charge in [-0.05, 0) is 0 Å². The van der Waals surface area contributed by atoms with Crippen LogP contribution in [0.15, 0.2) is 30.3 Å². The van der Waals surface area contributed by atoms with Crippen molar-refractivity contribution in [2.75, 3.05) is 3.53 Å². The molecule has 0 unspecified atom stereocenters. The molecule has 0 atom stereocenters. The van der Waals surface area contributed by atoms with Gasteiger partial charge in [0.2, 0.25) is 0 Å². The number of hydrogen-bond acceptors (Lipinski definition) is 1. The number of nitrogens with one attached hydrogen (secondary N) is 1. The Hall–Kier alpha value is 0.330. The molecule has 0 saturated carbocycles. The van der Waals surface area contributed by atoms with Gasteiger partial charge in [-0.15, -0.1) is 0 Å². The summed E-state index contributed by atoms with van der Waals surface area (Å²) in [7, 11) is 11.2. The number of para-hydroxylation sites is 1. The summed E-state index contributed by atoms with van der Waals surface area (Å²) in [6.07, 6.45) is 0. The molecule has 0 amide bonds. The molecule has 0 bridgehead atoms. The molecule has 0 radical (unpaired) electrons. The average Bonchev–Trinajstić information content (AvgIpc) is 1.88. The number of anilines is 1. The molecule has 10 heavy (non-hydrogen) atoms. The minimum absolute atomic E-state index is 0.998. The molecule has 0 aliphatic carbocycles. The summed E-state index contributed by atoms with van der Waals surface area (Å²) in [5.41, 5.74) is 0.998. The predicted molar refractivity (Wildman–Crippen MR) is 55.8 cm³/mol. The van der Waals surface area contributed by atoms with Crippen molar-refractivity contribution in [2.24, 2.45) is 0 Å². The molecule has 1 N–H and O–H groups in total. The summed E-state index contributed by atoms with van der Waals surface area (Å²) >= 11 is -1.85. The molecule has 0 fully saturated rings. The first-order chi connectivity index (χ1) is 4.79. The summed E-state index contributed by atoms with van der Waals surface area (Å²) < 4.78 is 2.99. The number of benzene rings is 1. The maximum absolute atomic E-state index is 5.62. The van der Waals surface area contributed by atoms with E-state index in [2.05, 4.69) is 3.53 Å². The molecule has 0 aromatic heterocycles. The van der Waals surface area contributed by atoms with Crippen molar-refractivity contribution in [1.29, 1.82) is 0 Å². The van der Waals surface area contributed by atoms with Crippen LogP contribution in [0, 0.1) is 0 Å². The molecule has 1 aromatic rings. The van der Waals surface area contributed by atoms with Crippen LogP contribution in [0.4, 0.5) is 5.69 Å². The zero-order chi connectivity index (χ0) is 7.40. The van der Waals surface area contributed by atoms with Crippen molar-refractivity contribution >= 4 is 41.3 Å². The van der Waals surface area contributed by atoms with Crippen molar-refractivity contribution < 1.29 is 0 Å². The third-order valence-corrected chi connectivity index (χ3v) is 2.94. The maximum atomic E-state index is 5.62. The van der Waals surface area contributed by atoms with Gasteiger partial charge in [0.15, 0.2) is 0 Å². The fourth-order valence-electron chi connectivity index (χ4n) is 0.584. The summed E-state index contributed by atoms with van der Waals surface area (Å²) in [4.78, 5) is 0. The van der Waals surface area contributed by atoms with E-state index in [1.54, 1.807) is 0 Å². The van der Waals surface area contributed by atoms with Gasteiger partial charge in [0.1, 0.15) is 0 Å². The Kier molecular flexibility index (Phi) is 3.59. The second-order valence-electron chi connectivity index (χ2n) is 1.66. The first-order valence-corrected chi connectivity index (χ1v) is 9.18. The fraction of sp³-hybridized carbons (Fsp3) is 0. The van der Waals surface area contributed by atoms with E-state index in [-0.39, 0.29) is 0 Å². The van der Waals surface area contributed by atoms with Gasteiger partial charge in [-0.3, -0.25) is 0 Å². The van der Waals surface area contributed by atoms with Crippen molar-refractivity contribution in [3.8, 4) is 0 Å². The molecule has 0 heterocycles. The number of halogens is 3. The Labute approximate surface area is 74.9 Å². The zero-order valence-electron chi connectivity index (χ0n) is 5.02. The second-order valence-corrected chi connectivity index (χ2v) is 8.13. The monoisotopic (exact) mass is 289 g/mol. The quantitative estimate of drug-likeness (QED) is 0.644. The van der Waals surface area contributed by atoms with E-state index >= 15 is 0 Å². The first kappa shape index (κ1) is 8.43. The SMILES string of the molecule is ClI(Cl)Nc1ccccc1. The Morgan fingerprint density at radius 1 is 1.10 bits per heavy atom. The van der Waals surface area contributed by atoms with E-state index in [9.17, 15) is 0 Å². The Balaban J connectivity index is 2.59. The van der Waals surface area contributed by atoms with E-state index in [4.69, 9.17) is 17.8 Å². The molecule has 0 saturated heterocycles. The van der Waals surface area contributed by atoms with Crippen LogP contribution in [-0.2, 0) is 0 Å². The topological polar surface area (TPSA) is 12.0 Å². The molecular formula is C6H6Cl2IN. The number of hydrogen-bond donors (Lipinski definition) is 1. The summed E-state index contributed by atoms with van der Waals surface area (Å²) in [6.45, 7) is 0. The van der Waals surface area contributed by atoms with Crippen LogP contribution in [0.5, 0.6) is 0 Å². The van der Waals surface area contributed by atoms with Crippen LogP contribution in [0.2, 0.25) is 0 Å². The van der Waals surface area contributed by atoms with Gasteiger partial charge >= 0.3 is 75.2 Å². The van der Waals surface area contributed by atoms with Crippen molar-refractivity contribution in [1.82, 2.24) is 0 Å². The van der Waals surface area contributed by atoms with Crippen molar-refractivity contribution in [3.05, 3.63) is 30.3 Å². The Bertz CT molecular complexity index is 190. The van der Waals surface area contributed by atoms with Crippen LogP contribution in [0.3, 0.4) is 0 Å². The third-order valence-electron chi connectivity index (χ3n) is 0.954. The van der Waals surface area contributed by atoms with E-state index in [1.807, 2.05) is 30.3 Å². The van der Waals surface area contributed by atoms with Gasteiger partial charge in [-0.1, -0.05) is 0 Å². The predicted octanol–water partition coefficient (Wildman–Crippen LogP) is 3.83. The van der Waals surface area contributed by atoms with Crippen LogP contribution < -0.4 is 3.53 Å². The van der Waals surface area contributed by atoms with Crippen molar-refractivity contribution in [2.45, 2.75) is 0 Å². The zero-order valence-corrected chi connectivity index (χ0v) is 8.69. The fourth-order valence-corrected chi connectivity index (χ4v) is 2.52. The Morgan fingerprint density at radius 2 is 1.70 bits per heavy atom. The molecule has 1 rings (SSSR count). The van der Waals surface area contributed by atoms with E-state index < -0.39 is 17.8 Å². The van der Waals surface area contributed by atoms with Crippen LogP contribution in [-0.4, -0.2) is 0 Å². The van der Waals surface area contributed by atoms with Crippen LogP contribution in [0.25, 0.3) is 0 Å². The van der Waals surface area contributed by atoms with Gasteiger partial charge in [0.05, 0.1) is 0 Å². The van der Waals surface area contributed by atoms with Gasteiger partial charge in [-0.25, -0.2) is 0 Å². The van der Waals surface area contributed by atoms with Gasteiger partial charge in [0, 0.05) is 0 Å². The second kappa shape index (κ2) is 4.26. The van der Waals surface area contributed by atoms with Crippen LogP contribution in [0.1, 0.15) is 0 Å². The minimum atomic E-state index is -1.85. The van der Waals surface area contributed by atoms with E-state index in [1.165, 1.54) is 0 Å². The molecule has 0 aliphatic heterocycles. The summed E-state index contributed by atoms with van der Waals surface area (Å²) in [5, 5.41) is 0. The van der Waals surface area contributed by atoms with E-state index in [0.717, 1.165) is 5.69 Å². The van der Waals surface area contributed by atoms with Gasteiger partial charge in [0.25, 0.3) is 0 Å². The average molecular weight is 290 g/mol. The number of rotatable bonds is 2. The van der Waals surface area contributed by atoms with E-state index in [0.29, 0.717) is 0 Å². The standard InChI is InChI=1S/C6H6Cl2IN/c7-9(8)10-6-4-2-1-3-5-6/h1-5,10H. The first-order valence-electron chi connectivity index (χ1n) is 2.64. The molecule has 56 valence electrons. The Morgan fingerprint density at radius 3 is 2.20 bits per heavy atom. The molecule has 1 aromatic carbocycles. The van der Waals surface area contributed by atoms with Gasteiger partial charge in [-0.2, -0.15) is 0 Å². The van der Waals surface area contributed by atoms with Crippen molar-refractivity contribution in [3.63, 3.8) is 0 Å². The summed E-state index contributed by atoms with van der Waals surface area (Å²) in [6, 6.07) is 9.71. The summed E-state index contributed by atoms with van der Waals surface area (Å²) in [5.74, 6) is 0. The van der Waals surface area contributed by atoms with Crippen LogP contribution >= 0.6 is 35.7 Å². The normalized spacial score (nSPS) is 10.8. The third kappa shape index (κ3) is 2.94. The molecule has 1 nitrogen and oxygen atoms in total.